The molecule has 2 N–H and O–H groups in total. The molecule has 1 unspecified atom stereocenters. The number of pyridine rings is 1. The second-order valence-electron chi connectivity index (χ2n) is 5.06. The molecule has 0 fully saturated rings. The maximum atomic E-state index is 6.28. The minimum absolute atomic E-state index is 0.0678. The first kappa shape index (κ1) is 15.0. The fraction of sp³-hybridized carbons (Fsp3) is 0.312. The standard InChI is InChI=1S/C16H19BrN2O/c1-11(2)20-15-5-3-4-13(8-15)16(18)7-12-6-14(17)10-19-9-12/h3-6,8-11,16H,7,18H2,1-2H3. The van der Waals surface area contributed by atoms with Crippen molar-refractivity contribution in [3.63, 3.8) is 0 Å². The van der Waals surface area contributed by atoms with E-state index in [1.165, 1.54) is 0 Å². The van der Waals surface area contributed by atoms with Crippen molar-refractivity contribution in [1.29, 1.82) is 0 Å². The summed E-state index contributed by atoms with van der Waals surface area (Å²) in [5.41, 5.74) is 8.46. The predicted molar refractivity (Wildman–Crippen MR) is 84.8 cm³/mol. The van der Waals surface area contributed by atoms with E-state index in [4.69, 9.17) is 10.5 Å². The van der Waals surface area contributed by atoms with Crippen LogP contribution in [0.1, 0.15) is 31.0 Å². The summed E-state index contributed by atoms with van der Waals surface area (Å²) in [6, 6.07) is 9.95. The van der Waals surface area contributed by atoms with Crippen molar-refractivity contribution >= 4 is 15.9 Å². The van der Waals surface area contributed by atoms with E-state index in [1.54, 1.807) is 6.20 Å². The van der Waals surface area contributed by atoms with E-state index in [9.17, 15) is 0 Å². The number of hydrogen-bond acceptors (Lipinski definition) is 3. The second kappa shape index (κ2) is 6.86. The minimum atomic E-state index is -0.0678. The van der Waals surface area contributed by atoms with Crippen molar-refractivity contribution in [2.24, 2.45) is 5.73 Å². The number of hydrogen-bond donors (Lipinski definition) is 1. The van der Waals surface area contributed by atoms with Gasteiger partial charge in [-0.25, -0.2) is 0 Å². The summed E-state index contributed by atoms with van der Waals surface area (Å²) in [7, 11) is 0. The summed E-state index contributed by atoms with van der Waals surface area (Å²) in [5.74, 6) is 0.861. The van der Waals surface area contributed by atoms with Gasteiger partial charge in [0.25, 0.3) is 0 Å². The molecule has 106 valence electrons. The van der Waals surface area contributed by atoms with Gasteiger partial charge in [-0.1, -0.05) is 12.1 Å². The largest absolute Gasteiger partial charge is 0.491 e. The summed E-state index contributed by atoms with van der Waals surface area (Å²) >= 11 is 3.42. The molecule has 1 atom stereocenters. The van der Waals surface area contributed by atoms with Crippen molar-refractivity contribution in [1.82, 2.24) is 4.98 Å². The van der Waals surface area contributed by atoms with Crippen LogP contribution in [0.5, 0.6) is 5.75 Å². The van der Waals surface area contributed by atoms with Crippen molar-refractivity contribution in [3.05, 3.63) is 58.3 Å². The van der Waals surface area contributed by atoms with E-state index in [0.717, 1.165) is 27.8 Å². The van der Waals surface area contributed by atoms with E-state index >= 15 is 0 Å². The molecular weight excluding hydrogens is 316 g/mol. The van der Waals surface area contributed by atoms with E-state index in [-0.39, 0.29) is 12.1 Å². The van der Waals surface area contributed by atoms with Gasteiger partial charge in [0.05, 0.1) is 6.10 Å². The highest BCUT2D eigenvalue weighted by Crippen LogP contribution is 2.22. The fourth-order valence-electron chi connectivity index (χ4n) is 2.03. The van der Waals surface area contributed by atoms with Crippen LogP contribution in [0, 0.1) is 0 Å². The van der Waals surface area contributed by atoms with Crippen LogP contribution in [0.2, 0.25) is 0 Å². The lowest BCUT2D eigenvalue weighted by atomic mass is 10.0. The molecule has 2 rings (SSSR count). The van der Waals surface area contributed by atoms with Crippen LogP contribution in [0.4, 0.5) is 0 Å². The van der Waals surface area contributed by atoms with Gasteiger partial charge in [-0.2, -0.15) is 0 Å². The minimum Gasteiger partial charge on any atom is -0.491 e. The quantitative estimate of drug-likeness (QED) is 0.902. The third kappa shape index (κ3) is 4.32. The molecule has 4 heteroatoms. The Morgan fingerprint density at radius 1 is 1.25 bits per heavy atom. The zero-order valence-electron chi connectivity index (χ0n) is 11.7. The van der Waals surface area contributed by atoms with Crippen molar-refractivity contribution < 1.29 is 4.74 Å². The molecule has 0 aliphatic heterocycles. The summed E-state index contributed by atoms with van der Waals surface area (Å²) in [4.78, 5) is 4.16. The van der Waals surface area contributed by atoms with Gasteiger partial charge in [0.1, 0.15) is 5.75 Å². The highest BCUT2D eigenvalue weighted by molar-refractivity contribution is 9.10. The number of halogens is 1. The summed E-state index contributed by atoms with van der Waals surface area (Å²) in [6.45, 7) is 4.03. The molecule has 1 aromatic carbocycles. The monoisotopic (exact) mass is 334 g/mol. The van der Waals surface area contributed by atoms with Gasteiger partial charge in [-0.05, 0) is 65.5 Å². The molecule has 0 saturated heterocycles. The van der Waals surface area contributed by atoms with Crippen LogP contribution in [0.25, 0.3) is 0 Å². The van der Waals surface area contributed by atoms with Crippen LogP contribution >= 0.6 is 15.9 Å². The highest BCUT2D eigenvalue weighted by Gasteiger charge is 2.09. The maximum Gasteiger partial charge on any atom is 0.120 e. The molecule has 3 nitrogen and oxygen atoms in total. The highest BCUT2D eigenvalue weighted by atomic mass is 79.9. The molecule has 1 heterocycles. The first-order valence-electron chi connectivity index (χ1n) is 6.66. The molecular formula is C16H19BrN2O. The lowest BCUT2D eigenvalue weighted by Gasteiger charge is -2.15. The third-order valence-electron chi connectivity index (χ3n) is 2.88. The van der Waals surface area contributed by atoms with Crippen LogP contribution < -0.4 is 10.5 Å². The second-order valence-corrected chi connectivity index (χ2v) is 5.98. The summed E-state index contributed by atoms with van der Waals surface area (Å²) in [6.07, 6.45) is 4.53. The number of benzene rings is 1. The molecule has 0 radical (unpaired) electrons. The smallest absolute Gasteiger partial charge is 0.120 e. The number of nitrogens with zero attached hydrogens (tertiary/aromatic N) is 1. The topological polar surface area (TPSA) is 48.1 Å². The summed E-state index contributed by atoms with van der Waals surface area (Å²) < 4.78 is 6.67. The Hall–Kier alpha value is -1.39. The third-order valence-corrected chi connectivity index (χ3v) is 3.31. The fourth-order valence-corrected chi connectivity index (χ4v) is 2.44. The number of ether oxygens (including phenoxy) is 1. The zero-order chi connectivity index (χ0) is 14.5. The lowest BCUT2D eigenvalue weighted by Crippen LogP contribution is -2.14. The van der Waals surface area contributed by atoms with E-state index in [2.05, 4.69) is 20.9 Å². The molecule has 0 aliphatic carbocycles. The first-order valence-corrected chi connectivity index (χ1v) is 7.45. The molecule has 1 aromatic heterocycles. The van der Waals surface area contributed by atoms with Gasteiger partial charge in [0.15, 0.2) is 0 Å². The normalized spacial score (nSPS) is 12.4. The van der Waals surface area contributed by atoms with Gasteiger partial charge in [0.2, 0.25) is 0 Å². The van der Waals surface area contributed by atoms with Crippen LogP contribution in [0.15, 0.2) is 47.2 Å². The Bertz CT molecular complexity index is 572. The molecule has 0 saturated carbocycles. The van der Waals surface area contributed by atoms with E-state index in [1.807, 2.05) is 50.4 Å². The Kier molecular flexibility index (Phi) is 5.15. The van der Waals surface area contributed by atoms with Gasteiger partial charge >= 0.3 is 0 Å². The molecule has 0 aliphatic rings. The average molecular weight is 335 g/mol. The molecule has 0 spiro atoms. The van der Waals surface area contributed by atoms with Crippen LogP contribution in [0.3, 0.4) is 0 Å². The van der Waals surface area contributed by atoms with E-state index < -0.39 is 0 Å². The predicted octanol–water partition coefficient (Wildman–Crippen LogP) is 3.87. The molecule has 20 heavy (non-hydrogen) atoms. The SMILES string of the molecule is CC(C)Oc1cccc(C(N)Cc2cncc(Br)c2)c1. The van der Waals surface area contributed by atoms with Crippen molar-refractivity contribution in [3.8, 4) is 5.75 Å². The summed E-state index contributed by atoms with van der Waals surface area (Å²) in [5, 5.41) is 0. The maximum absolute atomic E-state index is 6.28. The molecule has 0 bridgehead atoms. The van der Waals surface area contributed by atoms with Crippen LogP contribution in [-0.4, -0.2) is 11.1 Å². The first-order chi connectivity index (χ1) is 9.54. The number of rotatable bonds is 5. The van der Waals surface area contributed by atoms with Crippen molar-refractivity contribution in [2.75, 3.05) is 0 Å². The van der Waals surface area contributed by atoms with E-state index in [0.29, 0.717) is 0 Å². The van der Waals surface area contributed by atoms with Gasteiger partial charge < -0.3 is 10.5 Å². The van der Waals surface area contributed by atoms with Gasteiger partial charge in [-0.15, -0.1) is 0 Å². The number of aromatic nitrogens is 1. The Balaban J connectivity index is 2.10. The zero-order valence-corrected chi connectivity index (χ0v) is 13.3. The lowest BCUT2D eigenvalue weighted by molar-refractivity contribution is 0.242. The average Bonchev–Trinajstić information content (AvgIpc) is 2.38. The van der Waals surface area contributed by atoms with Gasteiger partial charge in [-0.3, -0.25) is 4.98 Å². The molecule has 0 amide bonds. The van der Waals surface area contributed by atoms with Gasteiger partial charge in [0, 0.05) is 22.9 Å². The Morgan fingerprint density at radius 3 is 2.75 bits per heavy atom. The van der Waals surface area contributed by atoms with Crippen LogP contribution in [-0.2, 0) is 6.42 Å². The Labute approximate surface area is 128 Å². The Morgan fingerprint density at radius 2 is 2.05 bits per heavy atom. The number of nitrogens with two attached hydrogens (primary N) is 1. The van der Waals surface area contributed by atoms with Crippen molar-refractivity contribution in [2.45, 2.75) is 32.4 Å². The molecule has 2 aromatic rings.